The molecular formula is C20H23ClN2O4S. The van der Waals surface area contributed by atoms with Gasteiger partial charge in [-0.15, -0.1) is 0 Å². The Balaban J connectivity index is 1.87. The minimum absolute atomic E-state index is 0.000516. The quantitative estimate of drug-likeness (QED) is 0.738. The van der Waals surface area contributed by atoms with Crippen molar-refractivity contribution < 1.29 is 17.9 Å². The molecule has 6 nitrogen and oxygen atoms in total. The van der Waals surface area contributed by atoms with Crippen LogP contribution in [0.2, 0.25) is 5.02 Å². The van der Waals surface area contributed by atoms with Crippen LogP contribution in [-0.2, 0) is 10.0 Å². The largest absolute Gasteiger partial charge is 0.497 e. The summed E-state index contributed by atoms with van der Waals surface area (Å²) in [4.78, 5) is 12.6. The summed E-state index contributed by atoms with van der Waals surface area (Å²) in [6, 6.07) is 10.9. The van der Waals surface area contributed by atoms with E-state index in [1.54, 1.807) is 31.4 Å². The van der Waals surface area contributed by atoms with E-state index in [2.05, 4.69) is 5.32 Å². The number of nitrogens with one attached hydrogen (secondary N) is 1. The lowest BCUT2D eigenvalue weighted by molar-refractivity contribution is 0.0936. The highest BCUT2D eigenvalue weighted by molar-refractivity contribution is 7.92. The van der Waals surface area contributed by atoms with Crippen molar-refractivity contribution in [2.45, 2.75) is 30.7 Å². The van der Waals surface area contributed by atoms with Gasteiger partial charge in [0.1, 0.15) is 5.75 Å². The van der Waals surface area contributed by atoms with E-state index in [4.69, 9.17) is 16.3 Å². The maximum atomic E-state index is 13.0. The van der Waals surface area contributed by atoms with Crippen LogP contribution in [0, 0.1) is 5.92 Å². The number of sulfonamides is 1. The lowest BCUT2D eigenvalue weighted by atomic mass is 10.1. The van der Waals surface area contributed by atoms with E-state index in [1.807, 2.05) is 6.92 Å². The lowest BCUT2D eigenvalue weighted by Crippen LogP contribution is -2.34. The fourth-order valence-corrected chi connectivity index (χ4v) is 4.35. The minimum Gasteiger partial charge on any atom is -0.497 e. The molecular weight excluding hydrogens is 400 g/mol. The van der Waals surface area contributed by atoms with Gasteiger partial charge in [-0.05, 0) is 68.1 Å². The van der Waals surface area contributed by atoms with E-state index in [0.717, 1.165) is 17.1 Å². The Kier molecular flexibility index (Phi) is 5.86. The summed E-state index contributed by atoms with van der Waals surface area (Å²) in [6.45, 7) is 1.95. The van der Waals surface area contributed by atoms with Crippen LogP contribution < -0.4 is 14.4 Å². The van der Waals surface area contributed by atoms with Crippen molar-refractivity contribution in [1.29, 1.82) is 0 Å². The summed E-state index contributed by atoms with van der Waals surface area (Å²) >= 11 is 6.17. The number of amides is 1. The first-order valence-electron chi connectivity index (χ1n) is 8.97. The first kappa shape index (κ1) is 20.5. The zero-order chi connectivity index (χ0) is 20.5. The van der Waals surface area contributed by atoms with Crippen LogP contribution in [-0.4, -0.2) is 34.5 Å². The number of nitrogens with zero attached hydrogens (tertiary/aromatic N) is 1. The van der Waals surface area contributed by atoms with E-state index in [-0.39, 0.29) is 27.4 Å². The van der Waals surface area contributed by atoms with Gasteiger partial charge in [0.25, 0.3) is 15.9 Å². The Morgan fingerprint density at radius 1 is 1.21 bits per heavy atom. The van der Waals surface area contributed by atoms with E-state index in [9.17, 15) is 13.2 Å². The molecule has 0 heterocycles. The maximum Gasteiger partial charge on any atom is 0.264 e. The van der Waals surface area contributed by atoms with E-state index < -0.39 is 10.0 Å². The summed E-state index contributed by atoms with van der Waals surface area (Å²) in [5.74, 6) is 0.745. The highest BCUT2D eigenvalue weighted by atomic mass is 35.5. The first-order valence-corrected chi connectivity index (χ1v) is 10.8. The molecule has 0 aromatic heterocycles. The second-order valence-corrected chi connectivity index (χ2v) is 9.29. The van der Waals surface area contributed by atoms with Gasteiger partial charge >= 0.3 is 0 Å². The molecule has 2 aromatic carbocycles. The molecule has 0 unspecified atom stereocenters. The molecule has 28 heavy (non-hydrogen) atoms. The fraction of sp³-hybridized carbons (Fsp3) is 0.350. The van der Waals surface area contributed by atoms with Crippen molar-refractivity contribution >= 4 is 33.2 Å². The van der Waals surface area contributed by atoms with Gasteiger partial charge in [-0.3, -0.25) is 9.10 Å². The topological polar surface area (TPSA) is 75.7 Å². The third-order valence-corrected chi connectivity index (χ3v) is 7.08. The molecule has 8 heteroatoms. The number of hydrogen-bond acceptors (Lipinski definition) is 4. The van der Waals surface area contributed by atoms with Crippen LogP contribution in [0.3, 0.4) is 0 Å². The number of carbonyl (C=O) groups excluding carboxylic acids is 1. The number of halogens is 1. The number of rotatable bonds is 7. The van der Waals surface area contributed by atoms with Gasteiger partial charge in [-0.2, -0.15) is 0 Å². The second kappa shape index (κ2) is 8.01. The molecule has 1 aliphatic rings. The molecule has 150 valence electrons. The van der Waals surface area contributed by atoms with Gasteiger partial charge in [0.15, 0.2) is 0 Å². The molecule has 1 fully saturated rings. The monoisotopic (exact) mass is 422 g/mol. The van der Waals surface area contributed by atoms with Gasteiger partial charge in [-0.1, -0.05) is 11.6 Å². The Bertz CT molecular complexity index is 972. The summed E-state index contributed by atoms with van der Waals surface area (Å²) < 4.78 is 32.3. The number of benzene rings is 2. The first-order chi connectivity index (χ1) is 13.2. The summed E-state index contributed by atoms with van der Waals surface area (Å²) in [6.07, 6.45) is 2.19. The highest BCUT2D eigenvalue weighted by Gasteiger charge is 2.30. The van der Waals surface area contributed by atoms with Gasteiger partial charge in [0.2, 0.25) is 0 Å². The van der Waals surface area contributed by atoms with Gasteiger partial charge in [-0.25, -0.2) is 8.42 Å². The normalized spacial score (nSPS) is 15.0. The molecule has 0 spiro atoms. The number of ether oxygens (including phenoxy) is 1. The summed E-state index contributed by atoms with van der Waals surface area (Å²) in [5, 5.41) is 3.12. The summed E-state index contributed by atoms with van der Waals surface area (Å²) in [5.41, 5.74) is 0.627. The predicted octanol–water partition coefficient (Wildman–Crippen LogP) is 3.70. The average Bonchev–Trinajstić information content (AvgIpc) is 3.53. The van der Waals surface area contributed by atoms with Crippen molar-refractivity contribution in [3.8, 4) is 5.75 Å². The van der Waals surface area contributed by atoms with Gasteiger partial charge in [0, 0.05) is 13.1 Å². The fourth-order valence-electron chi connectivity index (χ4n) is 2.93. The summed E-state index contributed by atoms with van der Waals surface area (Å²) in [7, 11) is -0.862. The zero-order valence-electron chi connectivity index (χ0n) is 16.0. The van der Waals surface area contributed by atoms with Crippen molar-refractivity contribution in [1.82, 2.24) is 5.32 Å². The van der Waals surface area contributed by atoms with E-state index >= 15 is 0 Å². The molecule has 2 aromatic rings. The van der Waals surface area contributed by atoms with Crippen LogP contribution in [0.1, 0.15) is 30.1 Å². The Morgan fingerprint density at radius 2 is 1.86 bits per heavy atom. The van der Waals surface area contributed by atoms with Crippen molar-refractivity contribution in [3.05, 3.63) is 53.1 Å². The van der Waals surface area contributed by atoms with Crippen molar-refractivity contribution in [2.24, 2.45) is 5.92 Å². The van der Waals surface area contributed by atoms with Crippen molar-refractivity contribution in [2.75, 3.05) is 18.5 Å². The molecule has 1 amide bonds. The van der Waals surface area contributed by atoms with Gasteiger partial charge in [0.05, 0.1) is 28.3 Å². The molecule has 1 saturated carbocycles. The minimum atomic E-state index is -3.86. The van der Waals surface area contributed by atoms with E-state index in [1.165, 1.54) is 25.2 Å². The van der Waals surface area contributed by atoms with Crippen LogP contribution >= 0.6 is 11.6 Å². The molecule has 1 N–H and O–H groups in total. The third kappa shape index (κ3) is 4.25. The SMILES string of the molecule is COc1ccc(N(C)S(=O)(=O)c2ccc(Cl)c(C(=O)N[C@H](C)C3CC3)c2)cc1. The lowest BCUT2D eigenvalue weighted by Gasteiger charge is -2.20. The molecule has 3 rings (SSSR count). The number of anilines is 1. The van der Waals surface area contributed by atoms with Crippen molar-refractivity contribution in [3.63, 3.8) is 0 Å². The van der Waals surface area contributed by atoms with Crippen LogP contribution in [0.25, 0.3) is 0 Å². The van der Waals surface area contributed by atoms with Crippen LogP contribution in [0.5, 0.6) is 5.75 Å². The number of carbonyl (C=O) groups is 1. The molecule has 1 atom stereocenters. The third-order valence-electron chi connectivity index (χ3n) is 4.96. The Morgan fingerprint density at radius 3 is 2.43 bits per heavy atom. The zero-order valence-corrected chi connectivity index (χ0v) is 17.5. The molecule has 1 aliphatic carbocycles. The number of hydrogen-bond donors (Lipinski definition) is 1. The molecule has 0 bridgehead atoms. The standard InChI is InChI=1S/C20H23ClN2O4S/c1-13(14-4-5-14)22-20(24)18-12-17(10-11-19(18)21)28(25,26)23(2)15-6-8-16(27-3)9-7-15/h6-14H,4-5H2,1-3H3,(H,22,24)/t13-/m1/s1. The average molecular weight is 423 g/mol. The smallest absolute Gasteiger partial charge is 0.264 e. The second-order valence-electron chi connectivity index (χ2n) is 6.91. The number of methoxy groups -OCH3 is 1. The maximum absolute atomic E-state index is 13.0. The van der Waals surface area contributed by atoms with E-state index in [0.29, 0.717) is 17.4 Å². The van der Waals surface area contributed by atoms with Crippen LogP contribution in [0.15, 0.2) is 47.4 Å². The molecule has 0 radical (unpaired) electrons. The Hall–Kier alpha value is -2.25. The molecule has 0 saturated heterocycles. The Labute approximate surface area is 170 Å². The highest BCUT2D eigenvalue weighted by Crippen LogP contribution is 2.33. The predicted molar refractivity (Wildman–Crippen MR) is 110 cm³/mol. The van der Waals surface area contributed by atoms with Gasteiger partial charge < -0.3 is 10.1 Å². The van der Waals surface area contributed by atoms with Crippen LogP contribution in [0.4, 0.5) is 5.69 Å². The molecule has 0 aliphatic heterocycles.